The molecule has 0 radical (unpaired) electrons. The van der Waals surface area contributed by atoms with E-state index in [9.17, 15) is 14.7 Å². The summed E-state index contributed by atoms with van der Waals surface area (Å²) in [6, 6.07) is 25.3. The summed E-state index contributed by atoms with van der Waals surface area (Å²) in [5, 5.41) is 16.2. The predicted octanol–water partition coefficient (Wildman–Crippen LogP) is 4.57. The maximum atomic E-state index is 12.7. The molecule has 1 fully saturated rings. The molecule has 3 heterocycles. The van der Waals surface area contributed by atoms with Gasteiger partial charge in [-0.05, 0) is 72.9 Å². The molecule has 0 saturated carbocycles. The van der Waals surface area contributed by atoms with Gasteiger partial charge in [-0.15, -0.1) is 0 Å². The Morgan fingerprint density at radius 1 is 0.973 bits per heavy atom. The highest BCUT2D eigenvalue weighted by Crippen LogP contribution is 2.39. The van der Waals surface area contributed by atoms with E-state index < -0.39 is 5.97 Å². The minimum Gasteiger partial charge on any atom is -0.478 e. The quantitative estimate of drug-likeness (QED) is 0.298. The zero-order valence-electron chi connectivity index (χ0n) is 19.8. The van der Waals surface area contributed by atoms with Crippen LogP contribution in [0.15, 0.2) is 97.3 Å². The number of aromatic nitrogens is 2. The Labute approximate surface area is 219 Å². The van der Waals surface area contributed by atoms with Gasteiger partial charge in [-0.25, -0.2) is 4.79 Å². The third kappa shape index (κ3) is 5.22. The summed E-state index contributed by atoms with van der Waals surface area (Å²) in [5.41, 5.74) is 3.56. The molecule has 8 nitrogen and oxygen atoms in total. The Hall–Kier alpha value is -4.50. The number of hydrogen-bond acceptors (Lipinski definition) is 4. The summed E-state index contributed by atoms with van der Waals surface area (Å²) in [6.07, 6.45) is 3.93. The fourth-order valence-corrected chi connectivity index (χ4v) is 4.90. The molecule has 0 bridgehead atoms. The molecular weight excluding hydrogens is 486 g/mol. The number of anilines is 1. The molecule has 186 valence electrons. The van der Waals surface area contributed by atoms with Crippen molar-refractivity contribution < 1.29 is 14.7 Å². The lowest BCUT2D eigenvalue weighted by Crippen LogP contribution is -2.33. The number of carboxylic acids is 1. The minimum atomic E-state index is -0.972. The van der Waals surface area contributed by atoms with Crippen LogP contribution in [0.1, 0.15) is 40.3 Å². The van der Waals surface area contributed by atoms with Gasteiger partial charge in [0.05, 0.1) is 23.3 Å². The number of rotatable bonds is 8. The molecule has 2 aromatic carbocycles. The number of aromatic carboxylic acids is 1. The first-order valence-electron chi connectivity index (χ1n) is 11.9. The van der Waals surface area contributed by atoms with Gasteiger partial charge in [-0.1, -0.05) is 24.3 Å². The number of amides is 1. The van der Waals surface area contributed by atoms with Gasteiger partial charge in [-0.2, -0.15) is 0 Å². The lowest BCUT2D eigenvalue weighted by atomic mass is 10.0. The van der Waals surface area contributed by atoms with Gasteiger partial charge in [0.2, 0.25) is 5.91 Å². The van der Waals surface area contributed by atoms with E-state index in [4.69, 9.17) is 12.2 Å². The zero-order valence-corrected chi connectivity index (χ0v) is 20.6. The van der Waals surface area contributed by atoms with Crippen molar-refractivity contribution in [2.45, 2.75) is 18.5 Å². The highest BCUT2D eigenvalue weighted by atomic mass is 32.1. The molecule has 2 unspecified atom stereocenters. The first-order chi connectivity index (χ1) is 18.0. The normalized spacial score (nSPS) is 16.9. The Morgan fingerprint density at radius 3 is 2.43 bits per heavy atom. The van der Waals surface area contributed by atoms with Crippen LogP contribution in [-0.4, -0.2) is 43.1 Å². The van der Waals surface area contributed by atoms with Crippen molar-refractivity contribution in [1.82, 2.24) is 19.8 Å². The van der Waals surface area contributed by atoms with E-state index in [0.29, 0.717) is 11.7 Å². The zero-order chi connectivity index (χ0) is 25.8. The third-order valence-electron chi connectivity index (χ3n) is 6.31. The number of carboxylic acid groups (broad SMARTS) is 1. The van der Waals surface area contributed by atoms with Crippen LogP contribution in [0.5, 0.6) is 0 Å². The van der Waals surface area contributed by atoms with Crippen molar-refractivity contribution in [3.63, 3.8) is 0 Å². The molecule has 0 spiro atoms. The molecule has 2 atom stereocenters. The second-order valence-electron chi connectivity index (χ2n) is 8.64. The van der Waals surface area contributed by atoms with E-state index in [1.807, 2.05) is 76.3 Å². The number of pyridine rings is 1. The van der Waals surface area contributed by atoms with Crippen LogP contribution < -0.4 is 10.6 Å². The van der Waals surface area contributed by atoms with E-state index in [2.05, 4.69) is 15.6 Å². The van der Waals surface area contributed by atoms with E-state index in [-0.39, 0.29) is 30.0 Å². The van der Waals surface area contributed by atoms with Gasteiger partial charge >= 0.3 is 5.97 Å². The molecule has 0 aliphatic carbocycles. The van der Waals surface area contributed by atoms with E-state index in [0.717, 1.165) is 22.8 Å². The summed E-state index contributed by atoms with van der Waals surface area (Å²) in [7, 11) is 0. The molecule has 1 aliphatic rings. The van der Waals surface area contributed by atoms with Gasteiger partial charge < -0.3 is 25.2 Å². The van der Waals surface area contributed by atoms with Gasteiger partial charge in [0, 0.05) is 42.4 Å². The summed E-state index contributed by atoms with van der Waals surface area (Å²) in [6.45, 7) is 0.404. The lowest BCUT2D eigenvalue weighted by molar-refractivity contribution is -0.116. The standard InChI is InChI=1S/C28H25N5O3S/c34-24(30-20-7-2-1-3-8-20)15-18-33-26(25(31-28(33)37)22-9-4-5-16-29-22)23-10-6-17-32(23)21-13-11-19(12-14-21)27(35)36/h1-14,16-17,25-26H,15,18H2,(H,30,34)(H,31,37)(H,35,36). The Balaban J connectivity index is 1.45. The van der Waals surface area contributed by atoms with Crippen molar-refractivity contribution in [3.05, 3.63) is 114 Å². The average molecular weight is 512 g/mol. The minimum absolute atomic E-state index is 0.103. The highest BCUT2D eigenvalue weighted by Gasteiger charge is 2.41. The fraction of sp³-hybridized carbons (Fsp3) is 0.143. The summed E-state index contributed by atoms with van der Waals surface area (Å²) in [4.78, 5) is 30.6. The molecule has 1 saturated heterocycles. The number of nitrogens with one attached hydrogen (secondary N) is 2. The SMILES string of the molecule is O=C(CCN1C(=S)NC(c2ccccn2)C1c1cccn1-c1ccc(C(=O)O)cc1)Nc1ccccc1. The van der Waals surface area contributed by atoms with Crippen LogP contribution in [0.3, 0.4) is 0 Å². The number of carbonyl (C=O) groups excluding carboxylic acids is 1. The number of nitrogens with zero attached hydrogens (tertiary/aromatic N) is 3. The van der Waals surface area contributed by atoms with Gasteiger partial charge in [0.15, 0.2) is 5.11 Å². The highest BCUT2D eigenvalue weighted by molar-refractivity contribution is 7.80. The monoisotopic (exact) mass is 511 g/mol. The number of thiocarbonyl (C=S) groups is 1. The summed E-state index contributed by atoms with van der Waals surface area (Å²) >= 11 is 5.74. The number of benzene rings is 2. The number of carbonyl (C=O) groups is 2. The molecule has 37 heavy (non-hydrogen) atoms. The van der Waals surface area contributed by atoms with Crippen LogP contribution in [0.2, 0.25) is 0 Å². The van der Waals surface area contributed by atoms with Gasteiger partial charge in [0.25, 0.3) is 0 Å². The van der Waals surface area contributed by atoms with Crippen molar-refractivity contribution in [2.75, 3.05) is 11.9 Å². The van der Waals surface area contributed by atoms with Gasteiger partial charge in [-0.3, -0.25) is 9.78 Å². The lowest BCUT2D eigenvalue weighted by Gasteiger charge is -2.29. The number of para-hydroxylation sites is 1. The molecule has 1 aliphatic heterocycles. The second kappa shape index (κ2) is 10.6. The largest absolute Gasteiger partial charge is 0.478 e. The average Bonchev–Trinajstić information content (AvgIpc) is 3.52. The van der Waals surface area contributed by atoms with Crippen molar-refractivity contribution in [2.24, 2.45) is 0 Å². The number of hydrogen-bond donors (Lipinski definition) is 3. The molecule has 1 amide bonds. The van der Waals surface area contributed by atoms with Crippen molar-refractivity contribution in [3.8, 4) is 5.69 Å². The fourth-order valence-electron chi connectivity index (χ4n) is 4.57. The van der Waals surface area contributed by atoms with Crippen LogP contribution >= 0.6 is 12.2 Å². The molecule has 5 rings (SSSR count). The van der Waals surface area contributed by atoms with E-state index in [1.54, 1.807) is 30.5 Å². The molecular formula is C28H25N5O3S. The Morgan fingerprint density at radius 2 is 1.73 bits per heavy atom. The topological polar surface area (TPSA) is 99.5 Å². The van der Waals surface area contributed by atoms with Crippen LogP contribution in [-0.2, 0) is 4.79 Å². The molecule has 2 aromatic heterocycles. The van der Waals surface area contributed by atoms with Crippen molar-refractivity contribution >= 4 is 34.9 Å². The van der Waals surface area contributed by atoms with Crippen LogP contribution in [0, 0.1) is 0 Å². The molecule has 4 aromatic rings. The second-order valence-corrected chi connectivity index (χ2v) is 9.03. The Kier molecular flexibility index (Phi) is 6.96. The third-order valence-corrected chi connectivity index (χ3v) is 6.66. The van der Waals surface area contributed by atoms with E-state index in [1.165, 1.54) is 0 Å². The van der Waals surface area contributed by atoms with Gasteiger partial charge in [0.1, 0.15) is 0 Å². The summed E-state index contributed by atoms with van der Waals surface area (Å²) in [5.74, 6) is -1.08. The molecule has 9 heteroatoms. The predicted molar refractivity (Wildman–Crippen MR) is 145 cm³/mol. The van der Waals surface area contributed by atoms with Crippen LogP contribution in [0.4, 0.5) is 5.69 Å². The maximum absolute atomic E-state index is 12.7. The molecule has 3 N–H and O–H groups in total. The maximum Gasteiger partial charge on any atom is 0.335 e. The summed E-state index contributed by atoms with van der Waals surface area (Å²) < 4.78 is 2.01. The smallest absolute Gasteiger partial charge is 0.335 e. The van der Waals surface area contributed by atoms with Crippen molar-refractivity contribution in [1.29, 1.82) is 0 Å². The van der Waals surface area contributed by atoms with E-state index >= 15 is 0 Å². The first kappa shape index (κ1) is 24.2. The van der Waals surface area contributed by atoms with Crippen LogP contribution in [0.25, 0.3) is 5.69 Å². The Bertz CT molecular complexity index is 1410. The first-order valence-corrected chi connectivity index (χ1v) is 12.3.